The van der Waals surface area contributed by atoms with Gasteiger partial charge in [0.1, 0.15) is 11.1 Å². The van der Waals surface area contributed by atoms with Gasteiger partial charge in [0.2, 0.25) is 5.91 Å². The number of aromatic hydroxyl groups is 2. The van der Waals surface area contributed by atoms with Crippen LogP contribution in [0.1, 0.15) is 38.8 Å². The molecule has 5 N–H and O–H groups in total. The summed E-state index contributed by atoms with van der Waals surface area (Å²) >= 11 is 0. The Kier molecular flexibility index (Phi) is 9.83. The maximum atomic E-state index is 14.0. The van der Waals surface area contributed by atoms with E-state index in [0.29, 0.717) is 0 Å². The summed E-state index contributed by atoms with van der Waals surface area (Å²) in [6, 6.07) is 21.5. The second-order valence-electron chi connectivity index (χ2n) is 11.0. The van der Waals surface area contributed by atoms with Gasteiger partial charge < -0.3 is 25.6 Å². The molecule has 0 radical (unpaired) electrons. The van der Waals surface area contributed by atoms with Crippen LogP contribution in [-0.4, -0.2) is 52.5 Å². The first-order chi connectivity index (χ1) is 18.9. The lowest BCUT2D eigenvalue weighted by atomic mass is 9.66. The Labute approximate surface area is 235 Å². The highest BCUT2D eigenvalue weighted by Gasteiger charge is 2.57. The van der Waals surface area contributed by atoms with Gasteiger partial charge in [0.15, 0.2) is 11.8 Å². The summed E-state index contributed by atoms with van der Waals surface area (Å²) in [4.78, 5) is 32.6. The molecule has 0 saturated heterocycles. The lowest BCUT2D eigenvalue weighted by Crippen LogP contribution is -2.65. The summed E-state index contributed by atoms with van der Waals surface area (Å²) in [5.41, 5.74) is 1.06. The van der Waals surface area contributed by atoms with Crippen molar-refractivity contribution in [3.63, 3.8) is 0 Å². The predicted octanol–water partition coefficient (Wildman–Crippen LogP) is 3.84. The topological polar surface area (TPSA) is 134 Å². The average molecular weight is 553 g/mol. The molecule has 0 fully saturated rings. The van der Waals surface area contributed by atoms with Crippen molar-refractivity contribution in [1.29, 1.82) is 0 Å². The molecule has 216 valence electrons. The Bertz CT molecular complexity index is 1240. The number of nitrogens with zero attached hydrogens (tertiary/aromatic N) is 1. The number of hydrogen-bond donors (Lipinski definition) is 5. The summed E-state index contributed by atoms with van der Waals surface area (Å²) in [5, 5.41) is 27.4. The summed E-state index contributed by atoms with van der Waals surface area (Å²) in [6.45, 7) is 7.25. The van der Waals surface area contributed by atoms with E-state index in [1.165, 1.54) is 23.7 Å². The first-order valence-corrected chi connectivity index (χ1v) is 13.1. The molecular weight excluding hydrogens is 512 g/mol. The number of nitrogens with one attached hydrogen (secondary N) is 3. The highest BCUT2D eigenvalue weighted by atomic mass is 16.6. The number of hydrogen-bond acceptors (Lipinski definition) is 7. The number of carbonyl (C=O) groups is 2. The quantitative estimate of drug-likeness (QED) is 0.170. The van der Waals surface area contributed by atoms with Gasteiger partial charge >= 0.3 is 6.09 Å². The molecule has 0 aliphatic rings. The van der Waals surface area contributed by atoms with Gasteiger partial charge in [-0.2, -0.15) is 0 Å². The highest BCUT2D eigenvalue weighted by molar-refractivity contribution is 5.86. The van der Waals surface area contributed by atoms with Crippen LogP contribution in [0.25, 0.3) is 0 Å². The Morgan fingerprint density at radius 1 is 0.825 bits per heavy atom. The number of ether oxygens (including phenoxy) is 1. The van der Waals surface area contributed by atoms with Gasteiger partial charge in [-0.3, -0.25) is 14.2 Å². The molecule has 2 aromatic carbocycles. The van der Waals surface area contributed by atoms with Crippen molar-refractivity contribution in [2.24, 2.45) is 5.41 Å². The molecule has 0 aliphatic carbocycles. The number of alkyl carbamates (subject to hydrolysis) is 1. The largest absolute Gasteiger partial charge is 0.494 e. The van der Waals surface area contributed by atoms with Crippen LogP contribution >= 0.6 is 0 Å². The molecule has 40 heavy (non-hydrogen) atoms. The fourth-order valence-corrected chi connectivity index (χ4v) is 4.78. The summed E-state index contributed by atoms with van der Waals surface area (Å²) in [5.74, 6) is -1.12. The first kappa shape index (κ1) is 30.5. The van der Waals surface area contributed by atoms with Gasteiger partial charge in [0.05, 0.1) is 6.61 Å². The van der Waals surface area contributed by atoms with Crippen molar-refractivity contribution in [3.8, 4) is 11.8 Å². The lowest BCUT2D eigenvalue weighted by Gasteiger charge is -2.48. The van der Waals surface area contributed by atoms with Crippen molar-refractivity contribution in [1.82, 2.24) is 20.7 Å². The maximum absolute atomic E-state index is 14.0. The zero-order chi connectivity index (χ0) is 29.4. The van der Waals surface area contributed by atoms with E-state index < -0.39 is 28.6 Å². The molecule has 2 amide bonds. The van der Waals surface area contributed by atoms with E-state index in [4.69, 9.17) is 9.57 Å². The monoisotopic (exact) mass is 552 g/mol. The molecule has 0 spiro atoms. The molecule has 0 bridgehead atoms. The van der Waals surface area contributed by atoms with Gasteiger partial charge in [-0.1, -0.05) is 67.6 Å². The van der Waals surface area contributed by atoms with Crippen molar-refractivity contribution in [3.05, 3.63) is 83.9 Å². The molecular formula is C30H40N4O6. The molecule has 3 rings (SSSR count). The highest BCUT2D eigenvalue weighted by Crippen LogP contribution is 2.46. The maximum Gasteiger partial charge on any atom is 0.407 e. The van der Waals surface area contributed by atoms with Crippen LogP contribution in [0.4, 0.5) is 4.79 Å². The van der Waals surface area contributed by atoms with Gasteiger partial charge in [-0.25, -0.2) is 10.3 Å². The molecule has 2 atom stereocenters. The Morgan fingerprint density at radius 2 is 1.38 bits per heavy atom. The minimum absolute atomic E-state index is 0.0347. The fourth-order valence-electron chi connectivity index (χ4n) is 4.78. The molecule has 1 aromatic heterocycles. The van der Waals surface area contributed by atoms with E-state index in [9.17, 15) is 19.8 Å². The second-order valence-corrected chi connectivity index (χ2v) is 11.0. The summed E-state index contributed by atoms with van der Waals surface area (Å²) < 4.78 is 6.67. The van der Waals surface area contributed by atoms with E-state index in [1.807, 2.05) is 60.7 Å². The Balaban J connectivity index is 2.09. The molecule has 10 nitrogen and oxygen atoms in total. The van der Waals surface area contributed by atoms with Crippen LogP contribution < -0.4 is 16.1 Å². The number of aromatic nitrogens is 1. The SMILES string of the molecule is CNC(=O)[C@](Cc1ccccc1)(n1c(O)ccc1O)[C@@](C)(CNOCc1ccccc1)CNC(=O)OC(C)(C)C. The van der Waals surface area contributed by atoms with E-state index in [0.717, 1.165) is 11.1 Å². The van der Waals surface area contributed by atoms with Gasteiger partial charge in [-0.05, 0) is 31.9 Å². The van der Waals surface area contributed by atoms with Gasteiger partial charge in [0.25, 0.3) is 0 Å². The third kappa shape index (κ3) is 7.13. The summed E-state index contributed by atoms with van der Waals surface area (Å²) in [6.07, 6.45) is -0.605. The predicted molar refractivity (Wildman–Crippen MR) is 152 cm³/mol. The number of likely N-dealkylation sites (N-methyl/N-ethyl adjacent to an activating group) is 1. The third-order valence-corrected chi connectivity index (χ3v) is 6.79. The van der Waals surface area contributed by atoms with Gasteiger partial charge in [-0.15, -0.1) is 0 Å². The molecule has 0 unspecified atom stereocenters. The smallest absolute Gasteiger partial charge is 0.407 e. The van der Waals surface area contributed by atoms with Crippen molar-refractivity contribution in [2.45, 2.75) is 51.9 Å². The van der Waals surface area contributed by atoms with E-state index >= 15 is 0 Å². The Hall–Kier alpha value is -4.02. The zero-order valence-corrected chi connectivity index (χ0v) is 23.7. The van der Waals surface area contributed by atoms with Crippen LogP contribution in [0, 0.1) is 5.41 Å². The standard InChI is InChI=1S/C30H40N4O6/c1-28(2,3)40-27(38)32-20-29(4,21-33-39-19-23-14-10-7-11-15-23)30(26(37)31-5,18-22-12-8-6-9-13-22)34-24(35)16-17-25(34)36/h6-17,33,35-36H,18-21H2,1-5H3,(H,31,37)(H,32,38)/t29-,30+/m1/s1. The van der Waals surface area contributed by atoms with E-state index in [-0.39, 0.29) is 37.9 Å². The van der Waals surface area contributed by atoms with Gasteiger partial charge in [0, 0.05) is 44.1 Å². The fraction of sp³-hybridized carbons (Fsp3) is 0.400. The van der Waals surface area contributed by atoms with Crippen molar-refractivity contribution >= 4 is 12.0 Å². The third-order valence-electron chi connectivity index (χ3n) is 6.79. The number of carbonyl (C=O) groups excluding carboxylic acids is 2. The first-order valence-electron chi connectivity index (χ1n) is 13.1. The number of hydroxylamine groups is 1. The van der Waals surface area contributed by atoms with E-state index in [1.54, 1.807) is 27.7 Å². The van der Waals surface area contributed by atoms with Crippen LogP contribution in [0.15, 0.2) is 72.8 Å². The van der Waals surface area contributed by atoms with Crippen LogP contribution in [0.3, 0.4) is 0 Å². The number of rotatable bonds is 12. The minimum atomic E-state index is -1.65. The normalized spacial score (nSPS) is 14.5. The molecule has 0 saturated carbocycles. The van der Waals surface area contributed by atoms with Crippen molar-refractivity contribution < 1.29 is 29.4 Å². The minimum Gasteiger partial charge on any atom is -0.494 e. The van der Waals surface area contributed by atoms with Crippen LogP contribution in [0.5, 0.6) is 11.8 Å². The molecule has 0 aliphatic heterocycles. The zero-order valence-electron chi connectivity index (χ0n) is 23.7. The van der Waals surface area contributed by atoms with Crippen molar-refractivity contribution in [2.75, 3.05) is 20.1 Å². The second kappa shape index (κ2) is 12.9. The number of benzene rings is 2. The van der Waals surface area contributed by atoms with E-state index in [2.05, 4.69) is 16.1 Å². The Morgan fingerprint density at radius 3 is 1.90 bits per heavy atom. The van der Waals surface area contributed by atoms with Crippen LogP contribution in [0.2, 0.25) is 0 Å². The molecule has 10 heteroatoms. The number of amides is 2. The average Bonchev–Trinajstić information content (AvgIpc) is 3.26. The summed E-state index contributed by atoms with van der Waals surface area (Å²) in [7, 11) is 1.49. The molecule has 3 aromatic rings. The lowest BCUT2D eigenvalue weighted by molar-refractivity contribution is -0.139. The van der Waals surface area contributed by atoms with Crippen LogP contribution in [-0.2, 0) is 32.9 Å². The molecule has 1 heterocycles.